The molecule has 0 aromatic heterocycles. The Morgan fingerprint density at radius 2 is 1.97 bits per heavy atom. The Hall–Kier alpha value is -3.65. The first-order valence-corrected chi connectivity index (χ1v) is 10.9. The predicted molar refractivity (Wildman–Crippen MR) is 119 cm³/mol. The molecule has 1 fully saturated rings. The molecule has 1 N–H and O–H groups in total. The van der Waals surface area contributed by atoms with Gasteiger partial charge in [-0.1, -0.05) is 12.2 Å². The summed E-state index contributed by atoms with van der Waals surface area (Å²) in [5, 5.41) is 10.8. The largest absolute Gasteiger partial charge is 0.507 e. The maximum absolute atomic E-state index is 13.9. The zero-order chi connectivity index (χ0) is 24.4. The molecule has 0 saturated carbocycles. The Kier molecular flexibility index (Phi) is 3.73. The van der Waals surface area contributed by atoms with Gasteiger partial charge in [-0.15, -0.1) is 0 Å². The monoisotopic (exact) mass is 462 g/mol. The molecule has 4 heterocycles. The van der Waals surface area contributed by atoms with Crippen LogP contribution in [0.3, 0.4) is 0 Å². The van der Waals surface area contributed by atoms with E-state index in [2.05, 4.69) is 6.58 Å². The highest BCUT2D eigenvalue weighted by atomic mass is 16.6. The number of carbonyl (C=O) groups excluding carboxylic acids is 3. The number of hydrogen-bond acceptors (Lipinski definition) is 8. The molecule has 34 heavy (non-hydrogen) atoms. The number of aromatic hydroxyl groups is 1. The van der Waals surface area contributed by atoms with E-state index in [1.165, 1.54) is 19.3 Å². The lowest BCUT2D eigenvalue weighted by atomic mass is 9.53. The molecule has 4 unspecified atom stereocenters. The van der Waals surface area contributed by atoms with Crippen molar-refractivity contribution in [1.82, 2.24) is 0 Å². The molecule has 1 aromatic rings. The average Bonchev–Trinajstić information content (AvgIpc) is 2.76. The summed E-state index contributed by atoms with van der Waals surface area (Å²) in [4.78, 5) is 40.6. The number of carbonyl (C=O) groups is 3. The van der Waals surface area contributed by atoms with Gasteiger partial charge in [-0.2, -0.15) is 0 Å². The summed E-state index contributed by atoms with van der Waals surface area (Å²) < 4.78 is 23.5. The number of ketones is 3. The van der Waals surface area contributed by atoms with Crippen molar-refractivity contribution in [3.05, 3.63) is 58.9 Å². The number of allylic oxidation sites excluding steroid dienone is 2. The highest BCUT2D eigenvalue weighted by Gasteiger charge is 2.82. The van der Waals surface area contributed by atoms with Crippen LogP contribution < -0.4 is 9.47 Å². The lowest BCUT2D eigenvalue weighted by molar-refractivity contribution is -0.301. The summed E-state index contributed by atoms with van der Waals surface area (Å²) in [5.41, 5.74) is -2.69. The fourth-order valence-corrected chi connectivity index (χ4v) is 5.68. The van der Waals surface area contributed by atoms with Crippen molar-refractivity contribution in [3.63, 3.8) is 0 Å². The molecule has 0 amide bonds. The topological polar surface area (TPSA) is 108 Å². The Bertz CT molecular complexity index is 1360. The van der Waals surface area contributed by atoms with Crippen LogP contribution in [0.4, 0.5) is 0 Å². The highest BCUT2D eigenvalue weighted by molar-refractivity contribution is 6.20. The Morgan fingerprint density at radius 3 is 2.65 bits per heavy atom. The number of benzene rings is 1. The zero-order valence-electron chi connectivity index (χ0n) is 19.1. The first-order chi connectivity index (χ1) is 16.0. The minimum absolute atomic E-state index is 0.0590. The van der Waals surface area contributed by atoms with Crippen LogP contribution in [-0.2, 0) is 19.1 Å². The van der Waals surface area contributed by atoms with Crippen molar-refractivity contribution in [2.24, 2.45) is 5.92 Å². The van der Waals surface area contributed by atoms with Gasteiger partial charge in [-0.25, -0.2) is 0 Å². The van der Waals surface area contributed by atoms with E-state index in [0.717, 1.165) is 6.08 Å². The van der Waals surface area contributed by atoms with Gasteiger partial charge < -0.3 is 24.1 Å². The third kappa shape index (κ3) is 2.19. The van der Waals surface area contributed by atoms with Crippen LogP contribution in [0.5, 0.6) is 17.2 Å². The van der Waals surface area contributed by atoms with Crippen molar-refractivity contribution >= 4 is 23.4 Å². The van der Waals surface area contributed by atoms with Crippen molar-refractivity contribution in [1.29, 1.82) is 0 Å². The van der Waals surface area contributed by atoms with Gasteiger partial charge in [0.15, 0.2) is 28.8 Å². The maximum atomic E-state index is 13.9. The van der Waals surface area contributed by atoms with Gasteiger partial charge in [0.25, 0.3) is 0 Å². The van der Waals surface area contributed by atoms with Gasteiger partial charge in [0, 0.05) is 12.1 Å². The second-order valence-electron chi connectivity index (χ2n) is 9.82. The summed E-state index contributed by atoms with van der Waals surface area (Å²) in [5.74, 6) is -2.57. The molecule has 7 rings (SSSR count). The normalized spacial score (nSPS) is 33.6. The first kappa shape index (κ1) is 20.9. The van der Waals surface area contributed by atoms with Crippen molar-refractivity contribution in [2.45, 2.75) is 43.7 Å². The molecular weight excluding hydrogens is 440 g/mol. The van der Waals surface area contributed by atoms with Crippen LogP contribution in [0, 0.1) is 5.92 Å². The van der Waals surface area contributed by atoms with Crippen LogP contribution in [0.2, 0.25) is 0 Å². The molecule has 8 heteroatoms. The molecule has 4 aliphatic heterocycles. The van der Waals surface area contributed by atoms with Gasteiger partial charge >= 0.3 is 0 Å². The average molecular weight is 462 g/mol. The molecule has 2 aliphatic carbocycles. The summed E-state index contributed by atoms with van der Waals surface area (Å²) in [6, 6.07) is 1.38. The zero-order valence-corrected chi connectivity index (χ0v) is 19.1. The molecule has 4 atom stereocenters. The molecule has 174 valence electrons. The molecule has 0 radical (unpaired) electrons. The Labute approximate surface area is 195 Å². The maximum Gasteiger partial charge on any atom is 0.210 e. The molecule has 1 aromatic carbocycles. The third-order valence-electron chi connectivity index (χ3n) is 7.19. The Morgan fingerprint density at radius 1 is 1.24 bits per heavy atom. The lowest BCUT2D eigenvalue weighted by Crippen LogP contribution is -2.86. The van der Waals surface area contributed by atoms with E-state index in [0.29, 0.717) is 22.5 Å². The highest BCUT2D eigenvalue weighted by Crippen LogP contribution is 2.63. The van der Waals surface area contributed by atoms with Crippen molar-refractivity contribution < 1.29 is 38.4 Å². The van der Waals surface area contributed by atoms with Crippen LogP contribution in [0.15, 0.2) is 47.8 Å². The first-order valence-electron chi connectivity index (χ1n) is 10.9. The second-order valence-corrected chi connectivity index (χ2v) is 9.82. The third-order valence-corrected chi connectivity index (χ3v) is 7.19. The van der Waals surface area contributed by atoms with E-state index >= 15 is 0 Å². The number of rotatable bonds is 2. The van der Waals surface area contributed by atoms with Gasteiger partial charge in [-0.05, 0) is 44.6 Å². The summed E-state index contributed by atoms with van der Waals surface area (Å²) in [6.45, 7) is 9.35. The summed E-state index contributed by atoms with van der Waals surface area (Å²) in [6.07, 6.45) is 5.06. The molecule has 6 aliphatic rings. The smallest absolute Gasteiger partial charge is 0.210 e. The van der Waals surface area contributed by atoms with Crippen LogP contribution in [0.25, 0.3) is 6.08 Å². The van der Waals surface area contributed by atoms with Gasteiger partial charge in [0.2, 0.25) is 11.6 Å². The predicted octanol–water partition coefficient (Wildman–Crippen LogP) is 2.84. The SMILES string of the molecule is C=C(C)C1=CC23OC4(C(=O)C=C(OC)C(=O)C14)C2Oc1c2c(cc(O)c1C3=O)OC(C)(C)C=C2. The minimum atomic E-state index is -1.74. The number of hydrogen-bond donors (Lipinski definition) is 1. The number of phenols is 1. The van der Waals surface area contributed by atoms with Crippen LogP contribution in [-0.4, -0.2) is 52.5 Å². The summed E-state index contributed by atoms with van der Waals surface area (Å²) >= 11 is 0. The fraction of sp³-hybridized carbons (Fsp3) is 0.346. The van der Waals surface area contributed by atoms with Crippen LogP contribution >= 0.6 is 0 Å². The van der Waals surface area contributed by atoms with Gasteiger partial charge in [-0.3, -0.25) is 14.4 Å². The quantitative estimate of drug-likeness (QED) is 0.715. The van der Waals surface area contributed by atoms with E-state index in [4.69, 9.17) is 18.9 Å². The molecular formula is C26H22O8. The van der Waals surface area contributed by atoms with E-state index in [1.54, 1.807) is 13.0 Å². The number of Topliss-reactive ketones (excluding diaryl/α,β-unsaturated/α-hetero) is 2. The number of fused-ring (bicyclic) bond motifs is 3. The van der Waals surface area contributed by atoms with Crippen LogP contribution in [0.1, 0.15) is 36.7 Å². The van der Waals surface area contributed by atoms with E-state index in [9.17, 15) is 19.5 Å². The molecule has 1 saturated heterocycles. The Balaban J connectivity index is 1.60. The minimum Gasteiger partial charge on any atom is -0.507 e. The van der Waals surface area contributed by atoms with Crippen molar-refractivity contribution in [3.8, 4) is 17.2 Å². The number of phenolic OH excluding ortho intramolecular Hbond substituents is 1. The fourth-order valence-electron chi connectivity index (χ4n) is 5.68. The standard InChI is InChI=1S/C26H22O8/c1-11(2)13-10-25-22(30)18-14(27)8-15-12(6-7-24(3,4)33-15)21(18)32-23(25)26(34-25)17(28)9-16(31-5)20(29)19(13)26/h6-10,19,23,27H,1H2,2-5H3. The van der Waals surface area contributed by atoms with Crippen molar-refractivity contribution in [2.75, 3.05) is 7.11 Å². The van der Waals surface area contributed by atoms with Gasteiger partial charge in [0.1, 0.15) is 28.4 Å². The summed E-state index contributed by atoms with van der Waals surface area (Å²) in [7, 11) is 1.31. The number of methoxy groups -OCH3 is 1. The van der Waals surface area contributed by atoms with E-state index < -0.39 is 46.2 Å². The molecule has 2 spiro atoms. The van der Waals surface area contributed by atoms with E-state index in [1.807, 2.05) is 19.9 Å². The van der Waals surface area contributed by atoms with E-state index in [-0.39, 0.29) is 22.8 Å². The molecule has 2 bridgehead atoms. The van der Waals surface area contributed by atoms with Gasteiger partial charge in [0.05, 0.1) is 18.6 Å². The number of ether oxygens (including phenoxy) is 4. The molecule has 8 nitrogen and oxygen atoms in total. The second kappa shape index (κ2) is 6.07. The lowest BCUT2D eigenvalue weighted by Gasteiger charge is -2.65.